The molecule has 0 fully saturated rings. The predicted octanol–water partition coefficient (Wildman–Crippen LogP) is 3.30. The first-order valence-electron chi connectivity index (χ1n) is 8.39. The molecule has 30 heavy (non-hydrogen) atoms. The van der Waals surface area contributed by atoms with Crippen molar-refractivity contribution in [2.45, 2.75) is 11.4 Å². The number of fused-ring (bicyclic) bond motifs is 1. The van der Waals surface area contributed by atoms with Crippen molar-refractivity contribution in [3.05, 3.63) is 65.7 Å². The first-order chi connectivity index (χ1) is 14.3. The van der Waals surface area contributed by atoms with Crippen molar-refractivity contribution in [1.82, 2.24) is 14.9 Å². The summed E-state index contributed by atoms with van der Waals surface area (Å²) in [7, 11) is -3.28. The van der Waals surface area contributed by atoms with Crippen molar-refractivity contribution in [3.63, 3.8) is 0 Å². The maximum Gasteiger partial charge on any atom is 0.266 e. The van der Waals surface area contributed by atoms with Crippen molar-refractivity contribution in [3.8, 4) is 5.75 Å². The zero-order valence-electron chi connectivity index (χ0n) is 15.3. The Bertz CT molecular complexity index is 1340. The summed E-state index contributed by atoms with van der Waals surface area (Å²) in [5.41, 5.74) is 0.931. The molecule has 0 radical (unpaired) electrons. The van der Waals surface area contributed by atoms with Gasteiger partial charge in [0.2, 0.25) is 0 Å². The summed E-state index contributed by atoms with van der Waals surface area (Å²) in [6.45, 7) is 0.390. The molecule has 4 aromatic rings. The van der Waals surface area contributed by atoms with E-state index >= 15 is 0 Å². The van der Waals surface area contributed by atoms with Crippen LogP contribution in [0.5, 0.6) is 5.75 Å². The van der Waals surface area contributed by atoms with Gasteiger partial charge >= 0.3 is 0 Å². The number of halogens is 3. The summed E-state index contributed by atoms with van der Waals surface area (Å²) in [6.07, 6.45) is 3.38. The number of nitrogens with one attached hydrogen (secondary N) is 1. The van der Waals surface area contributed by atoms with Gasteiger partial charge in [0.1, 0.15) is 21.8 Å². The SMILES string of the molecule is COc1cc(Cn2cccn2)cc2onc(NS(=O)(=O)c3cc(F)c(F)cc3F)c12. The molecule has 1 N–H and O–H groups in total. The molecular weight excluding hydrogens is 425 g/mol. The van der Waals surface area contributed by atoms with Crippen LogP contribution in [0.2, 0.25) is 0 Å². The molecule has 0 unspecified atom stereocenters. The third-order valence-electron chi connectivity index (χ3n) is 4.22. The molecule has 0 aliphatic rings. The Labute approximate surface area is 167 Å². The summed E-state index contributed by atoms with van der Waals surface area (Å²) in [4.78, 5) is -1.08. The lowest BCUT2D eigenvalue weighted by Crippen LogP contribution is -2.16. The lowest BCUT2D eigenvalue weighted by molar-refractivity contribution is 0.418. The Hall–Kier alpha value is -3.54. The molecule has 2 aromatic heterocycles. The van der Waals surface area contributed by atoms with Crippen LogP contribution < -0.4 is 9.46 Å². The van der Waals surface area contributed by atoms with Gasteiger partial charge in [0, 0.05) is 24.5 Å². The molecule has 156 valence electrons. The average Bonchev–Trinajstić information content (AvgIpc) is 3.34. The Morgan fingerprint density at radius 2 is 1.90 bits per heavy atom. The standard InChI is InChI=1S/C18H13F3N4O4S/c1-28-14-5-10(9-25-4-2-3-22-25)6-15-17(14)18(23-29-15)24-30(26,27)16-8-12(20)11(19)7-13(16)21/h2-8H,9H2,1H3,(H,23,24). The molecule has 0 atom stereocenters. The highest BCUT2D eigenvalue weighted by molar-refractivity contribution is 7.92. The van der Waals surface area contributed by atoms with Gasteiger partial charge < -0.3 is 9.26 Å². The normalized spacial score (nSPS) is 11.7. The minimum Gasteiger partial charge on any atom is -0.496 e. The van der Waals surface area contributed by atoms with Crippen LogP contribution in [-0.2, 0) is 16.6 Å². The number of ether oxygens (including phenoxy) is 1. The summed E-state index contributed by atoms with van der Waals surface area (Å²) in [6, 6.07) is 5.40. The molecule has 0 aliphatic carbocycles. The number of rotatable bonds is 6. The fraction of sp³-hybridized carbons (Fsp3) is 0.111. The van der Waals surface area contributed by atoms with E-state index in [1.54, 1.807) is 35.3 Å². The molecule has 2 aromatic carbocycles. The minimum atomic E-state index is -4.64. The van der Waals surface area contributed by atoms with E-state index in [9.17, 15) is 21.6 Å². The predicted molar refractivity (Wildman–Crippen MR) is 99.0 cm³/mol. The van der Waals surface area contributed by atoms with E-state index in [4.69, 9.17) is 9.26 Å². The van der Waals surface area contributed by atoms with Gasteiger partial charge in [-0.05, 0) is 23.8 Å². The van der Waals surface area contributed by atoms with Crippen LogP contribution >= 0.6 is 0 Å². The molecule has 0 aliphatic heterocycles. The fourth-order valence-corrected chi connectivity index (χ4v) is 3.96. The third-order valence-corrected chi connectivity index (χ3v) is 5.57. The Morgan fingerprint density at radius 1 is 1.13 bits per heavy atom. The van der Waals surface area contributed by atoms with Crippen LogP contribution in [0.25, 0.3) is 11.0 Å². The second-order valence-electron chi connectivity index (χ2n) is 6.21. The Morgan fingerprint density at radius 3 is 2.60 bits per heavy atom. The second kappa shape index (κ2) is 7.37. The van der Waals surface area contributed by atoms with Gasteiger partial charge in [0.15, 0.2) is 23.0 Å². The number of hydrogen-bond acceptors (Lipinski definition) is 6. The van der Waals surface area contributed by atoms with Gasteiger partial charge in [-0.15, -0.1) is 0 Å². The third kappa shape index (κ3) is 3.56. The molecule has 0 saturated heterocycles. The van der Waals surface area contributed by atoms with Crippen LogP contribution in [0.15, 0.2) is 52.1 Å². The molecule has 2 heterocycles. The van der Waals surface area contributed by atoms with E-state index in [1.807, 2.05) is 4.72 Å². The smallest absolute Gasteiger partial charge is 0.266 e. The first kappa shape index (κ1) is 19.8. The van der Waals surface area contributed by atoms with Crippen molar-refractivity contribution < 1.29 is 30.8 Å². The lowest BCUT2D eigenvalue weighted by Gasteiger charge is -2.09. The molecule has 0 saturated carbocycles. The molecule has 0 bridgehead atoms. The number of anilines is 1. The van der Waals surface area contributed by atoms with Crippen LogP contribution in [0.1, 0.15) is 5.56 Å². The average molecular weight is 438 g/mol. The van der Waals surface area contributed by atoms with Gasteiger partial charge in [-0.25, -0.2) is 21.6 Å². The highest BCUT2D eigenvalue weighted by Crippen LogP contribution is 2.35. The van der Waals surface area contributed by atoms with Gasteiger partial charge in [0.25, 0.3) is 10.0 Å². The van der Waals surface area contributed by atoms with Crippen LogP contribution in [0.4, 0.5) is 19.0 Å². The largest absolute Gasteiger partial charge is 0.496 e. The van der Waals surface area contributed by atoms with E-state index in [0.717, 1.165) is 5.56 Å². The van der Waals surface area contributed by atoms with E-state index in [1.165, 1.54) is 7.11 Å². The number of nitrogens with zero attached hydrogens (tertiary/aromatic N) is 3. The van der Waals surface area contributed by atoms with Crippen LogP contribution in [0.3, 0.4) is 0 Å². The number of methoxy groups -OCH3 is 1. The zero-order chi connectivity index (χ0) is 21.5. The minimum absolute atomic E-state index is 0.146. The van der Waals surface area contributed by atoms with Gasteiger partial charge in [-0.1, -0.05) is 5.16 Å². The molecule has 4 rings (SSSR count). The van der Waals surface area contributed by atoms with E-state index in [-0.39, 0.29) is 34.7 Å². The topological polar surface area (TPSA) is 99.2 Å². The summed E-state index contributed by atoms with van der Waals surface area (Å²) in [5.74, 6) is -4.54. The maximum atomic E-state index is 13.9. The summed E-state index contributed by atoms with van der Waals surface area (Å²) in [5, 5.41) is 7.94. The first-order valence-corrected chi connectivity index (χ1v) is 9.88. The van der Waals surface area contributed by atoms with Gasteiger partial charge in [-0.3, -0.25) is 9.40 Å². The molecule has 8 nitrogen and oxygen atoms in total. The highest BCUT2D eigenvalue weighted by Gasteiger charge is 2.26. The number of sulfonamides is 1. The van der Waals surface area contributed by atoms with E-state index < -0.39 is 32.4 Å². The van der Waals surface area contributed by atoms with E-state index in [0.29, 0.717) is 6.54 Å². The van der Waals surface area contributed by atoms with Gasteiger partial charge in [-0.2, -0.15) is 5.10 Å². The molecular formula is C18H13F3N4O4S. The molecule has 0 spiro atoms. The Balaban J connectivity index is 1.74. The monoisotopic (exact) mass is 438 g/mol. The maximum absolute atomic E-state index is 13.9. The highest BCUT2D eigenvalue weighted by atomic mass is 32.2. The van der Waals surface area contributed by atoms with Gasteiger partial charge in [0.05, 0.1) is 13.7 Å². The van der Waals surface area contributed by atoms with E-state index in [2.05, 4.69) is 10.3 Å². The molecule has 0 amide bonds. The fourth-order valence-electron chi connectivity index (χ4n) is 2.89. The summed E-state index contributed by atoms with van der Waals surface area (Å²) >= 11 is 0. The number of aromatic nitrogens is 3. The summed E-state index contributed by atoms with van der Waals surface area (Å²) < 4.78 is 79.8. The van der Waals surface area contributed by atoms with Crippen molar-refractivity contribution in [2.24, 2.45) is 0 Å². The van der Waals surface area contributed by atoms with Crippen molar-refractivity contribution in [1.29, 1.82) is 0 Å². The number of hydrogen-bond donors (Lipinski definition) is 1. The molecule has 12 heteroatoms. The quantitative estimate of drug-likeness (QED) is 0.464. The van der Waals surface area contributed by atoms with Crippen LogP contribution in [-0.4, -0.2) is 30.5 Å². The Kier molecular flexibility index (Phi) is 4.86. The van der Waals surface area contributed by atoms with Crippen LogP contribution in [0, 0.1) is 17.5 Å². The van der Waals surface area contributed by atoms with Crippen molar-refractivity contribution >= 4 is 26.8 Å². The lowest BCUT2D eigenvalue weighted by atomic mass is 10.1. The van der Waals surface area contributed by atoms with Crippen molar-refractivity contribution in [2.75, 3.05) is 11.8 Å². The second-order valence-corrected chi connectivity index (χ2v) is 7.86. The zero-order valence-corrected chi connectivity index (χ0v) is 16.1. The number of benzene rings is 2.